The Bertz CT molecular complexity index is 453. The predicted octanol–water partition coefficient (Wildman–Crippen LogP) is 2.95. The van der Waals surface area contributed by atoms with Crippen LogP contribution in [0.5, 0.6) is 11.5 Å². The van der Waals surface area contributed by atoms with Crippen molar-refractivity contribution in [3.63, 3.8) is 0 Å². The van der Waals surface area contributed by atoms with E-state index in [9.17, 15) is 0 Å². The zero-order valence-electron chi connectivity index (χ0n) is 12.4. The molecule has 110 valence electrons. The summed E-state index contributed by atoms with van der Waals surface area (Å²) in [6.45, 7) is 6.08. The summed E-state index contributed by atoms with van der Waals surface area (Å²) < 4.78 is 11.8. The molecule has 3 rings (SSSR count). The van der Waals surface area contributed by atoms with Gasteiger partial charge in [-0.2, -0.15) is 0 Å². The molecule has 2 aliphatic rings. The minimum atomic E-state index is 0.763. The van der Waals surface area contributed by atoms with E-state index >= 15 is 0 Å². The molecule has 1 aromatic rings. The van der Waals surface area contributed by atoms with E-state index in [0.717, 1.165) is 56.4 Å². The summed E-state index contributed by atoms with van der Waals surface area (Å²) in [5, 5.41) is 3.51. The van der Waals surface area contributed by atoms with Crippen LogP contribution < -0.4 is 14.8 Å². The molecule has 1 unspecified atom stereocenters. The van der Waals surface area contributed by atoms with E-state index < -0.39 is 0 Å². The Morgan fingerprint density at radius 3 is 2.90 bits per heavy atom. The summed E-state index contributed by atoms with van der Waals surface area (Å²) in [5.41, 5.74) is 2.81. The Balaban J connectivity index is 1.84. The van der Waals surface area contributed by atoms with Crippen molar-refractivity contribution in [3.05, 3.63) is 23.3 Å². The summed E-state index contributed by atoms with van der Waals surface area (Å²) in [7, 11) is 0. The Morgan fingerprint density at radius 2 is 2.10 bits per heavy atom. The topological polar surface area (TPSA) is 30.5 Å². The molecule has 0 aromatic heterocycles. The monoisotopic (exact) mass is 275 g/mol. The van der Waals surface area contributed by atoms with Gasteiger partial charge in [-0.05, 0) is 56.3 Å². The van der Waals surface area contributed by atoms with Crippen LogP contribution in [-0.2, 0) is 12.8 Å². The van der Waals surface area contributed by atoms with Crippen molar-refractivity contribution < 1.29 is 9.47 Å². The molecule has 1 atom stereocenters. The van der Waals surface area contributed by atoms with Gasteiger partial charge in [0.25, 0.3) is 0 Å². The minimum Gasteiger partial charge on any atom is -0.490 e. The predicted molar refractivity (Wildman–Crippen MR) is 80.7 cm³/mol. The van der Waals surface area contributed by atoms with Gasteiger partial charge in [0, 0.05) is 12.0 Å². The van der Waals surface area contributed by atoms with Crippen LogP contribution >= 0.6 is 0 Å². The second kappa shape index (κ2) is 6.49. The zero-order valence-corrected chi connectivity index (χ0v) is 12.4. The van der Waals surface area contributed by atoms with Crippen molar-refractivity contribution in [2.24, 2.45) is 5.92 Å². The number of nitrogens with one attached hydrogen (secondary N) is 1. The highest BCUT2D eigenvalue weighted by molar-refractivity contribution is 5.51. The third kappa shape index (κ3) is 2.93. The van der Waals surface area contributed by atoms with E-state index in [4.69, 9.17) is 9.47 Å². The van der Waals surface area contributed by atoms with Gasteiger partial charge in [0.15, 0.2) is 11.5 Å². The molecule has 0 amide bonds. The molecule has 1 saturated heterocycles. The van der Waals surface area contributed by atoms with Crippen LogP contribution in [0.1, 0.15) is 37.3 Å². The van der Waals surface area contributed by atoms with Crippen LogP contribution in [0.3, 0.4) is 0 Å². The van der Waals surface area contributed by atoms with E-state index in [2.05, 4.69) is 24.4 Å². The molecule has 3 nitrogen and oxygen atoms in total. The van der Waals surface area contributed by atoms with Gasteiger partial charge in [0.2, 0.25) is 0 Å². The lowest BCUT2D eigenvalue weighted by molar-refractivity contribution is 0.296. The van der Waals surface area contributed by atoms with Crippen LogP contribution in [0.25, 0.3) is 0 Å². The van der Waals surface area contributed by atoms with E-state index in [-0.39, 0.29) is 0 Å². The summed E-state index contributed by atoms with van der Waals surface area (Å²) in [6.07, 6.45) is 5.79. The molecule has 2 heterocycles. The average molecular weight is 275 g/mol. The maximum atomic E-state index is 5.96. The molecule has 0 saturated carbocycles. The fourth-order valence-electron chi connectivity index (χ4n) is 3.32. The van der Waals surface area contributed by atoms with E-state index in [0.29, 0.717) is 0 Å². The van der Waals surface area contributed by atoms with E-state index in [1.807, 2.05) is 0 Å². The summed E-state index contributed by atoms with van der Waals surface area (Å²) in [4.78, 5) is 0. The van der Waals surface area contributed by atoms with Crippen molar-refractivity contribution in [1.82, 2.24) is 5.32 Å². The molecule has 0 aliphatic carbocycles. The highest BCUT2D eigenvalue weighted by atomic mass is 16.5. The quantitative estimate of drug-likeness (QED) is 0.920. The first kappa shape index (κ1) is 13.7. The molecular formula is C17H25NO2. The molecule has 0 radical (unpaired) electrons. The Morgan fingerprint density at radius 1 is 1.20 bits per heavy atom. The van der Waals surface area contributed by atoms with Gasteiger partial charge in [-0.15, -0.1) is 0 Å². The Hall–Kier alpha value is -1.22. The van der Waals surface area contributed by atoms with Crippen LogP contribution in [0.2, 0.25) is 0 Å². The SMILES string of the molecule is CCc1c(CC2CCCNC2)ccc2c1OCCCO2. The van der Waals surface area contributed by atoms with Crippen molar-refractivity contribution in [2.75, 3.05) is 26.3 Å². The summed E-state index contributed by atoms with van der Waals surface area (Å²) in [5.74, 6) is 2.70. The van der Waals surface area contributed by atoms with Gasteiger partial charge in [-0.1, -0.05) is 13.0 Å². The first-order valence-corrected chi connectivity index (χ1v) is 7.99. The first-order chi connectivity index (χ1) is 9.88. The normalized spacial score (nSPS) is 22.4. The lowest BCUT2D eigenvalue weighted by Gasteiger charge is -2.24. The molecule has 3 heteroatoms. The van der Waals surface area contributed by atoms with Crippen molar-refractivity contribution in [2.45, 2.75) is 39.0 Å². The molecule has 20 heavy (non-hydrogen) atoms. The number of hydrogen-bond donors (Lipinski definition) is 1. The second-order valence-corrected chi connectivity index (χ2v) is 5.85. The number of hydrogen-bond acceptors (Lipinski definition) is 3. The number of ether oxygens (including phenoxy) is 2. The lowest BCUT2D eigenvalue weighted by Crippen LogP contribution is -2.31. The third-order valence-corrected chi connectivity index (χ3v) is 4.38. The smallest absolute Gasteiger partial charge is 0.164 e. The average Bonchev–Trinajstić information content (AvgIpc) is 2.73. The maximum Gasteiger partial charge on any atom is 0.164 e. The van der Waals surface area contributed by atoms with Crippen molar-refractivity contribution in [1.29, 1.82) is 0 Å². The van der Waals surface area contributed by atoms with Crippen LogP contribution in [0.15, 0.2) is 12.1 Å². The number of benzene rings is 1. The molecule has 1 aromatic carbocycles. The fourth-order valence-corrected chi connectivity index (χ4v) is 3.32. The number of rotatable bonds is 3. The van der Waals surface area contributed by atoms with Gasteiger partial charge in [-0.3, -0.25) is 0 Å². The second-order valence-electron chi connectivity index (χ2n) is 5.85. The molecule has 1 N–H and O–H groups in total. The zero-order chi connectivity index (χ0) is 13.8. The van der Waals surface area contributed by atoms with Crippen LogP contribution in [0, 0.1) is 5.92 Å². The fraction of sp³-hybridized carbons (Fsp3) is 0.647. The van der Waals surface area contributed by atoms with Crippen LogP contribution in [0.4, 0.5) is 0 Å². The molecule has 0 bridgehead atoms. The van der Waals surface area contributed by atoms with Gasteiger partial charge in [0.05, 0.1) is 13.2 Å². The van der Waals surface area contributed by atoms with E-state index in [1.165, 1.54) is 30.5 Å². The van der Waals surface area contributed by atoms with Crippen LogP contribution in [-0.4, -0.2) is 26.3 Å². The maximum absolute atomic E-state index is 5.96. The van der Waals surface area contributed by atoms with Crippen molar-refractivity contribution >= 4 is 0 Å². The molecular weight excluding hydrogens is 250 g/mol. The number of piperidine rings is 1. The third-order valence-electron chi connectivity index (χ3n) is 4.38. The Labute approximate surface area is 121 Å². The highest BCUT2D eigenvalue weighted by Crippen LogP contribution is 2.37. The molecule has 1 fully saturated rings. The van der Waals surface area contributed by atoms with Crippen molar-refractivity contribution in [3.8, 4) is 11.5 Å². The van der Waals surface area contributed by atoms with Gasteiger partial charge in [0.1, 0.15) is 0 Å². The molecule has 2 aliphatic heterocycles. The summed E-state index contributed by atoms with van der Waals surface area (Å²) in [6, 6.07) is 4.35. The van der Waals surface area contributed by atoms with Gasteiger partial charge >= 0.3 is 0 Å². The standard InChI is InChI=1S/C17H25NO2/c1-2-15-14(11-13-5-3-8-18-12-13)6-7-16-17(15)20-10-4-9-19-16/h6-7,13,18H,2-5,8-12H2,1H3. The van der Waals surface area contributed by atoms with Gasteiger partial charge in [-0.25, -0.2) is 0 Å². The highest BCUT2D eigenvalue weighted by Gasteiger charge is 2.20. The van der Waals surface area contributed by atoms with Gasteiger partial charge < -0.3 is 14.8 Å². The first-order valence-electron chi connectivity index (χ1n) is 7.99. The Kier molecular flexibility index (Phi) is 4.46. The summed E-state index contributed by atoms with van der Waals surface area (Å²) >= 11 is 0. The lowest BCUT2D eigenvalue weighted by atomic mass is 9.89. The molecule has 0 spiro atoms. The minimum absolute atomic E-state index is 0.763. The largest absolute Gasteiger partial charge is 0.490 e. The van der Waals surface area contributed by atoms with E-state index in [1.54, 1.807) is 0 Å². The number of fused-ring (bicyclic) bond motifs is 1.